The zero-order chi connectivity index (χ0) is 18.1. The number of hydrogen-bond donors (Lipinski definition) is 1. The van der Waals surface area contributed by atoms with Gasteiger partial charge in [-0.15, -0.1) is 0 Å². The Balaban J connectivity index is 1.80. The highest BCUT2D eigenvalue weighted by molar-refractivity contribution is 5.95. The monoisotopic (exact) mass is 344 g/mol. The molecule has 1 heterocycles. The average molecular weight is 344 g/mol. The van der Waals surface area contributed by atoms with Crippen LogP contribution in [0.2, 0.25) is 0 Å². The van der Waals surface area contributed by atoms with E-state index in [0.717, 1.165) is 34.9 Å². The molecular weight excluding hydrogens is 322 g/mol. The number of carbonyl (C=O) groups is 1. The van der Waals surface area contributed by atoms with E-state index in [4.69, 9.17) is 0 Å². The second-order valence-electron chi connectivity index (χ2n) is 6.74. The zero-order valence-corrected chi connectivity index (χ0v) is 14.7. The maximum atomic E-state index is 14.2. The van der Waals surface area contributed by atoms with Gasteiger partial charge in [0, 0.05) is 18.3 Å². The summed E-state index contributed by atoms with van der Waals surface area (Å²) in [5.41, 5.74) is 4.91. The summed E-state index contributed by atoms with van der Waals surface area (Å²) in [5.74, 6) is -1.38. The highest BCUT2D eigenvalue weighted by Crippen LogP contribution is 2.31. The van der Waals surface area contributed by atoms with Gasteiger partial charge in [-0.2, -0.15) is 0 Å². The highest BCUT2D eigenvalue weighted by atomic mass is 19.1. The van der Waals surface area contributed by atoms with Crippen molar-refractivity contribution in [1.82, 2.24) is 0 Å². The van der Waals surface area contributed by atoms with Crippen molar-refractivity contribution < 1.29 is 13.6 Å². The van der Waals surface area contributed by atoms with Crippen LogP contribution in [0.15, 0.2) is 24.3 Å². The molecule has 1 aliphatic rings. The van der Waals surface area contributed by atoms with Gasteiger partial charge in [0.2, 0.25) is 5.91 Å². The Morgan fingerprint density at radius 2 is 1.80 bits per heavy atom. The normalized spacial score (nSPS) is 13.6. The van der Waals surface area contributed by atoms with Crippen molar-refractivity contribution in [2.24, 2.45) is 0 Å². The Kier molecular flexibility index (Phi) is 4.75. The Morgan fingerprint density at radius 1 is 1.12 bits per heavy atom. The number of aryl methyl sites for hydroxylation is 4. The number of halogens is 2. The molecule has 0 bridgehead atoms. The third-order valence-corrected chi connectivity index (χ3v) is 4.57. The summed E-state index contributed by atoms with van der Waals surface area (Å²) >= 11 is 0. The Hall–Kier alpha value is -2.43. The number of rotatable bonds is 3. The van der Waals surface area contributed by atoms with Gasteiger partial charge in [-0.3, -0.25) is 4.79 Å². The molecule has 0 radical (unpaired) electrons. The molecule has 2 aromatic carbocycles. The molecule has 0 unspecified atom stereocenters. The smallest absolute Gasteiger partial charge is 0.243 e. The molecule has 0 saturated carbocycles. The fourth-order valence-electron chi connectivity index (χ4n) is 3.62. The van der Waals surface area contributed by atoms with Gasteiger partial charge in [-0.25, -0.2) is 8.78 Å². The molecule has 0 spiro atoms. The van der Waals surface area contributed by atoms with Crippen molar-refractivity contribution in [3.05, 3.63) is 58.2 Å². The van der Waals surface area contributed by atoms with E-state index in [9.17, 15) is 13.6 Å². The molecule has 132 valence electrons. The first-order valence-electron chi connectivity index (χ1n) is 8.45. The lowest BCUT2D eigenvalue weighted by Crippen LogP contribution is -2.37. The predicted octanol–water partition coefficient (Wildman–Crippen LogP) is 4.28. The molecule has 0 saturated heterocycles. The molecule has 5 heteroatoms. The molecule has 3 nitrogen and oxygen atoms in total. The third-order valence-electron chi connectivity index (χ3n) is 4.57. The van der Waals surface area contributed by atoms with Crippen LogP contribution in [0.5, 0.6) is 0 Å². The molecule has 2 aromatic rings. The SMILES string of the molecule is Cc1cc(C)c(NC(=O)CN2CCCc3cc(F)cc(F)c32)c(C)c1. The van der Waals surface area contributed by atoms with E-state index in [0.29, 0.717) is 24.2 Å². The number of hydrogen-bond acceptors (Lipinski definition) is 2. The molecular formula is C20H22F2N2O. The van der Waals surface area contributed by atoms with Gasteiger partial charge in [-0.05, 0) is 56.4 Å². The lowest BCUT2D eigenvalue weighted by molar-refractivity contribution is -0.115. The molecule has 0 fully saturated rings. The van der Waals surface area contributed by atoms with Crippen LogP contribution in [0.3, 0.4) is 0 Å². The average Bonchev–Trinajstić information content (AvgIpc) is 2.50. The summed E-state index contributed by atoms with van der Waals surface area (Å²) < 4.78 is 27.6. The van der Waals surface area contributed by atoms with Gasteiger partial charge >= 0.3 is 0 Å². The first-order valence-corrected chi connectivity index (χ1v) is 8.45. The number of anilines is 2. The standard InChI is InChI=1S/C20H22F2N2O/c1-12-7-13(2)19(14(3)8-12)23-18(25)11-24-6-4-5-15-9-16(21)10-17(22)20(15)24/h7-10H,4-6,11H2,1-3H3,(H,23,25). The van der Waals surface area contributed by atoms with Gasteiger partial charge in [0.05, 0.1) is 12.2 Å². The van der Waals surface area contributed by atoms with Crippen molar-refractivity contribution in [2.75, 3.05) is 23.3 Å². The molecule has 0 aliphatic carbocycles. The highest BCUT2D eigenvalue weighted by Gasteiger charge is 2.24. The summed E-state index contributed by atoms with van der Waals surface area (Å²) in [7, 11) is 0. The number of amides is 1. The second-order valence-corrected chi connectivity index (χ2v) is 6.74. The third kappa shape index (κ3) is 3.65. The number of benzene rings is 2. The van der Waals surface area contributed by atoms with E-state index in [2.05, 4.69) is 5.32 Å². The number of nitrogens with one attached hydrogen (secondary N) is 1. The van der Waals surface area contributed by atoms with E-state index < -0.39 is 11.6 Å². The predicted molar refractivity (Wildman–Crippen MR) is 96.2 cm³/mol. The second kappa shape index (κ2) is 6.82. The first-order chi connectivity index (χ1) is 11.8. The number of fused-ring (bicyclic) bond motifs is 1. The lowest BCUT2D eigenvalue weighted by atomic mass is 10.0. The minimum Gasteiger partial charge on any atom is -0.360 e. The largest absolute Gasteiger partial charge is 0.360 e. The van der Waals surface area contributed by atoms with Crippen LogP contribution in [-0.2, 0) is 11.2 Å². The summed E-state index contributed by atoms with van der Waals surface area (Å²) in [6.07, 6.45) is 1.39. The van der Waals surface area contributed by atoms with Crippen molar-refractivity contribution >= 4 is 17.3 Å². The minimum absolute atomic E-state index is 0.0440. The van der Waals surface area contributed by atoms with Crippen molar-refractivity contribution in [1.29, 1.82) is 0 Å². The molecule has 3 rings (SSSR count). The summed E-state index contributed by atoms with van der Waals surface area (Å²) in [6, 6.07) is 6.27. The summed E-state index contributed by atoms with van der Waals surface area (Å²) in [5, 5.41) is 2.94. The van der Waals surface area contributed by atoms with E-state index in [1.165, 1.54) is 6.07 Å². The van der Waals surface area contributed by atoms with Gasteiger partial charge in [0.15, 0.2) is 0 Å². The Labute approximate surface area is 146 Å². The molecule has 1 amide bonds. The topological polar surface area (TPSA) is 32.3 Å². The zero-order valence-electron chi connectivity index (χ0n) is 14.7. The summed E-state index contributed by atoms with van der Waals surface area (Å²) in [6.45, 7) is 6.54. The first kappa shape index (κ1) is 17.4. The molecule has 25 heavy (non-hydrogen) atoms. The van der Waals surface area contributed by atoms with Gasteiger partial charge < -0.3 is 10.2 Å². The van der Waals surface area contributed by atoms with Crippen LogP contribution in [-0.4, -0.2) is 19.0 Å². The van der Waals surface area contributed by atoms with Crippen molar-refractivity contribution in [3.8, 4) is 0 Å². The maximum absolute atomic E-state index is 14.2. The lowest BCUT2D eigenvalue weighted by Gasteiger charge is -2.31. The fraction of sp³-hybridized carbons (Fsp3) is 0.350. The van der Waals surface area contributed by atoms with Crippen LogP contribution >= 0.6 is 0 Å². The van der Waals surface area contributed by atoms with Crippen molar-refractivity contribution in [2.45, 2.75) is 33.6 Å². The van der Waals surface area contributed by atoms with Crippen LogP contribution < -0.4 is 10.2 Å². The Morgan fingerprint density at radius 3 is 2.48 bits per heavy atom. The molecule has 0 aromatic heterocycles. The van der Waals surface area contributed by atoms with Crippen LogP contribution in [0.4, 0.5) is 20.2 Å². The van der Waals surface area contributed by atoms with E-state index in [-0.39, 0.29) is 12.5 Å². The molecule has 0 atom stereocenters. The fourth-order valence-corrected chi connectivity index (χ4v) is 3.62. The van der Waals surface area contributed by atoms with E-state index >= 15 is 0 Å². The summed E-state index contributed by atoms with van der Waals surface area (Å²) in [4.78, 5) is 14.2. The van der Waals surface area contributed by atoms with Crippen LogP contribution in [0, 0.1) is 32.4 Å². The van der Waals surface area contributed by atoms with Crippen LogP contribution in [0.25, 0.3) is 0 Å². The quantitative estimate of drug-likeness (QED) is 0.901. The van der Waals surface area contributed by atoms with Crippen LogP contribution in [0.1, 0.15) is 28.7 Å². The number of nitrogens with zero attached hydrogens (tertiary/aromatic N) is 1. The Bertz CT molecular complexity index is 810. The number of carbonyl (C=O) groups excluding carboxylic acids is 1. The van der Waals surface area contributed by atoms with Crippen molar-refractivity contribution in [3.63, 3.8) is 0 Å². The van der Waals surface area contributed by atoms with Gasteiger partial charge in [0.1, 0.15) is 11.6 Å². The van der Waals surface area contributed by atoms with E-state index in [1.807, 2.05) is 32.9 Å². The molecule has 1 aliphatic heterocycles. The minimum atomic E-state index is -0.606. The van der Waals surface area contributed by atoms with E-state index in [1.54, 1.807) is 4.90 Å². The van der Waals surface area contributed by atoms with Gasteiger partial charge in [-0.1, -0.05) is 17.7 Å². The van der Waals surface area contributed by atoms with Gasteiger partial charge in [0.25, 0.3) is 0 Å². The maximum Gasteiger partial charge on any atom is 0.243 e. The molecule has 1 N–H and O–H groups in total.